The summed E-state index contributed by atoms with van der Waals surface area (Å²) in [5.41, 5.74) is 4.51. The molecule has 3 nitrogen and oxygen atoms in total. The highest BCUT2D eigenvalue weighted by molar-refractivity contribution is 5.91. The van der Waals surface area contributed by atoms with Crippen LogP contribution in [0.2, 0.25) is 0 Å². The third-order valence-electron chi connectivity index (χ3n) is 4.59. The molecule has 1 N–H and O–H groups in total. The number of rotatable bonds is 5. The minimum Gasteiger partial charge on any atom is -0.337 e. The van der Waals surface area contributed by atoms with Crippen LogP contribution >= 0.6 is 0 Å². The smallest absolute Gasteiger partial charge is 0.321 e. The summed E-state index contributed by atoms with van der Waals surface area (Å²) in [6.45, 7) is 2.72. The molecule has 1 atom stereocenters. The molecule has 0 aliphatic heterocycles. The van der Waals surface area contributed by atoms with Crippen molar-refractivity contribution in [1.29, 1.82) is 0 Å². The Morgan fingerprint density at radius 1 is 0.846 bits per heavy atom. The van der Waals surface area contributed by atoms with Crippen molar-refractivity contribution in [2.75, 3.05) is 18.5 Å². The van der Waals surface area contributed by atoms with E-state index in [-0.39, 0.29) is 11.9 Å². The lowest BCUT2D eigenvalue weighted by Crippen LogP contribution is -2.38. The zero-order chi connectivity index (χ0) is 18.4. The van der Waals surface area contributed by atoms with Crippen LogP contribution in [0.1, 0.15) is 18.4 Å². The number of urea groups is 1. The van der Waals surface area contributed by atoms with Gasteiger partial charge in [0.15, 0.2) is 0 Å². The van der Waals surface area contributed by atoms with Gasteiger partial charge in [0.25, 0.3) is 0 Å². The first-order valence-corrected chi connectivity index (χ1v) is 8.87. The SMILES string of the molecule is CC(CNC(=O)N(C)c1ccccc1)c1ccc(-c2ccccc2)cc1. The average Bonchev–Trinajstić information content (AvgIpc) is 2.72. The molecule has 0 heterocycles. The number of hydrogen-bond acceptors (Lipinski definition) is 1. The Labute approximate surface area is 155 Å². The van der Waals surface area contributed by atoms with Crippen LogP contribution in [0.15, 0.2) is 84.9 Å². The highest BCUT2D eigenvalue weighted by Gasteiger charge is 2.12. The van der Waals surface area contributed by atoms with Gasteiger partial charge in [-0.25, -0.2) is 4.79 Å². The molecule has 0 fully saturated rings. The summed E-state index contributed by atoms with van der Waals surface area (Å²) < 4.78 is 0. The summed E-state index contributed by atoms with van der Waals surface area (Å²) in [7, 11) is 1.78. The molecule has 0 aliphatic rings. The van der Waals surface area contributed by atoms with Crippen molar-refractivity contribution >= 4 is 11.7 Å². The van der Waals surface area contributed by atoms with Crippen molar-refractivity contribution in [3.63, 3.8) is 0 Å². The van der Waals surface area contributed by atoms with Crippen molar-refractivity contribution < 1.29 is 4.79 Å². The highest BCUT2D eigenvalue weighted by atomic mass is 16.2. The standard InChI is InChI=1S/C23H24N2O/c1-18(17-24-23(26)25(2)22-11-7-4-8-12-22)19-13-15-21(16-14-19)20-9-5-3-6-10-20/h3-16,18H,17H2,1-2H3,(H,24,26). The van der Waals surface area contributed by atoms with Gasteiger partial charge in [-0.1, -0.05) is 79.7 Å². The van der Waals surface area contributed by atoms with Gasteiger partial charge in [-0.2, -0.15) is 0 Å². The van der Waals surface area contributed by atoms with E-state index in [0.717, 1.165) is 5.69 Å². The maximum atomic E-state index is 12.3. The molecule has 0 saturated heterocycles. The molecule has 3 aromatic carbocycles. The highest BCUT2D eigenvalue weighted by Crippen LogP contribution is 2.22. The maximum absolute atomic E-state index is 12.3. The number of nitrogens with one attached hydrogen (secondary N) is 1. The van der Waals surface area contributed by atoms with Gasteiger partial charge >= 0.3 is 6.03 Å². The molecular formula is C23H24N2O. The van der Waals surface area contributed by atoms with E-state index in [1.165, 1.54) is 16.7 Å². The van der Waals surface area contributed by atoms with Crippen LogP contribution in [0.4, 0.5) is 10.5 Å². The number of carbonyl (C=O) groups excluding carboxylic acids is 1. The van der Waals surface area contributed by atoms with E-state index in [1.807, 2.05) is 48.5 Å². The van der Waals surface area contributed by atoms with E-state index in [1.54, 1.807) is 11.9 Å². The second kappa shape index (κ2) is 8.34. The van der Waals surface area contributed by atoms with Crippen LogP contribution in [0, 0.1) is 0 Å². The van der Waals surface area contributed by atoms with Gasteiger partial charge in [0.2, 0.25) is 0 Å². The van der Waals surface area contributed by atoms with E-state index in [0.29, 0.717) is 6.54 Å². The summed E-state index contributed by atoms with van der Waals surface area (Å²) in [5.74, 6) is 0.243. The molecule has 1 unspecified atom stereocenters. The summed E-state index contributed by atoms with van der Waals surface area (Å²) >= 11 is 0. The Morgan fingerprint density at radius 3 is 2.00 bits per heavy atom. The zero-order valence-electron chi connectivity index (χ0n) is 15.2. The molecule has 2 amide bonds. The van der Waals surface area contributed by atoms with Gasteiger partial charge in [0, 0.05) is 19.3 Å². The van der Waals surface area contributed by atoms with E-state index >= 15 is 0 Å². The summed E-state index contributed by atoms with van der Waals surface area (Å²) in [6, 6.07) is 28.4. The second-order valence-electron chi connectivity index (χ2n) is 6.47. The normalized spacial score (nSPS) is 11.6. The second-order valence-corrected chi connectivity index (χ2v) is 6.47. The lowest BCUT2D eigenvalue weighted by Gasteiger charge is -2.20. The van der Waals surface area contributed by atoms with Gasteiger partial charge in [0.05, 0.1) is 0 Å². The first kappa shape index (κ1) is 17.7. The van der Waals surface area contributed by atoms with E-state index in [4.69, 9.17) is 0 Å². The van der Waals surface area contributed by atoms with Gasteiger partial charge in [-0.3, -0.25) is 4.90 Å². The third-order valence-corrected chi connectivity index (χ3v) is 4.59. The fraction of sp³-hybridized carbons (Fsp3) is 0.174. The van der Waals surface area contributed by atoms with Crippen molar-refractivity contribution in [1.82, 2.24) is 5.32 Å². The summed E-state index contributed by atoms with van der Waals surface area (Å²) in [5, 5.41) is 3.01. The Bertz CT molecular complexity index is 829. The van der Waals surface area contributed by atoms with Crippen molar-refractivity contribution in [3.05, 3.63) is 90.5 Å². The molecule has 0 bridgehead atoms. The van der Waals surface area contributed by atoms with Gasteiger partial charge in [-0.05, 0) is 34.7 Å². The number of hydrogen-bond donors (Lipinski definition) is 1. The molecule has 3 aromatic rings. The lowest BCUT2D eigenvalue weighted by atomic mass is 9.97. The average molecular weight is 344 g/mol. The number of anilines is 1. The van der Waals surface area contributed by atoms with Crippen LogP contribution in [0.3, 0.4) is 0 Å². The fourth-order valence-electron chi connectivity index (χ4n) is 2.88. The molecule has 0 spiro atoms. The Morgan fingerprint density at radius 2 is 1.38 bits per heavy atom. The zero-order valence-corrected chi connectivity index (χ0v) is 15.2. The van der Waals surface area contributed by atoms with Crippen LogP contribution in [-0.2, 0) is 0 Å². The molecule has 132 valence electrons. The van der Waals surface area contributed by atoms with Crippen LogP contribution in [-0.4, -0.2) is 19.6 Å². The first-order chi connectivity index (χ1) is 12.6. The quantitative estimate of drug-likeness (QED) is 0.669. The van der Waals surface area contributed by atoms with Crippen LogP contribution in [0.25, 0.3) is 11.1 Å². The molecular weight excluding hydrogens is 320 g/mol. The fourth-order valence-corrected chi connectivity index (χ4v) is 2.88. The maximum Gasteiger partial charge on any atom is 0.321 e. The van der Waals surface area contributed by atoms with E-state index < -0.39 is 0 Å². The summed E-state index contributed by atoms with van der Waals surface area (Å²) in [4.78, 5) is 14.0. The van der Waals surface area contributed by atoms with Gasteiger partial charge in [-0.15, -0.1) is 0 Å². The van der Waals surface area contributed by atoms with Crippen molar-refractivity contribution in [3.8, 4) is 11.1 Å². The topological polar surface area (TPSA) is 32.3 Å². The molecule has 26 heavy (non-hydrogen) atoms. The Hall–Kier alpha value is -3.07. The molecule has 0 aromatic heterocycles. The minimum atomic E-state index is -0.0936. The molecule has 3 rings (SSSR count). The molecule has 0 saturated carbocycles. The Balaban J connectivity index is 1.58. The lowest BCUT2D eigenvalue weighted by molar-refractivity contribution is 0.247. The Kier molecular flexibility index (Phi) is 5.69. The van der Waals surface area contributed by atoms with E-state index in [2.05, 4.69) is 48.6 Å². The van der Waals surface area contributed by atoms with Crippen LogP contribution < -0.4 is 10.2 Å². The predicted octanol–water partition coefficient (Wildman–Crippen LogP) is 5.30. The number of para-hydroxylation sites is 1. The molecule has 0 radical (unpaired) electrons. The predicted molar refractivity (Wildman–Crippen MR) is 109 cm³/mol. The minimum absolute atomic E-state index is 0.0936. The van der Waals surface area contributed by atoms with Crippen molar-refractivity contribution in [2.45, 2.75) is 12.8 Å². The van der Waals surface area contributed by atoms with Gasteiger partial charge < -0.3 is 5.32 Å². The number of carbonyl (C=O) groups is 1. The van der Waals surface area contributed by atoms with Crippen molar-refractivity contribution in [2.24, 2.45) is 0 Å². The number of amides is 2. The number of nitrogens with zero attached hydrogens (tertiary/aromatic N) is 1. The molecule has 0 aliphatic carbocycles. The largest absolute Gasteiger partial charge is 0.337 e. The molecule has 3 heteroatoms. The van der Waals surface area contributed by atoms with Gasteiger partial charge in [0.1, 0.15) is 0 Å². The third kappa shape index (κ3) is 4.31. The monoisotopic (exact) mass is 344 g/mol. The first-order valence-electron chi connectivity index (χ1n) is 8.87. The van der Waals surface area contributed by atoms with Crippen LogP contribution in [0.5, 0.6) is 0 Å². The number of benzene rings is 3. The summed E-state index contributed by atoms with van der Waals surface area (Å²) in [6.07, 6.45) is 0. The van der Waals surface area contributed by atoms with E-state index in [9.17, 15) is 4.79 Å².